The number of anilines is 1. The maximum Gasteiger partial charge on any atom is 0.322 e. The lowest BCUT2D eigenvalue weighted by Crippen LogP contribution is -2.38. The number of halogens is 1. The van der Waals surface area contributed by atoms with Crippen LogP contribution in [0, 0.1) is 19.7 Å². The summed E-state index contributed by atoms with van der Waals surface area (Å²) in [6.45, 7) is 4.59. The molecule has 6 rings (SSSR count). The Morgan fingerprint density at radius 1 is 1.00 bits per heavy atom. The van der Waals surface area contributed by atoms with E-state index in [1.54, 1.807) is 12.1 Å². The van der Waals surface area contributed by atoms with Gasteiger partial charge in [-0.1, -0.05) is 18.2 Å². The first-order valence-electron chi connectivity index (χ1n) is 12.2. The molecule has 0 saturated carbocycles. The normalized spacial score (nSPS) is 16.8. The van der Waals surface area contributed by atoms with E-state index in [4.69, 9.17) is 0 Å². The van der Waals surface area contributed by atoms with Gasteiger partial charge in [-0.05, 0) is 98.2 Å². The first-order chi connectivity index (χ1) is 17.0. The fourth-order valence-corrected chi connectivity index (χ4v) is 6.83. The Balaban J connectivity index is 1.49. The summed E-state index contributed by atoms with van der Waals surface area (Å²) in [4.78, 5) is 17.3. The smallest absolute Gasteiger partial charge is 0.310 e. The molecular weight excluding hydrogens is 457 g/mol. The number of carbonyl (C=O) groups is 1. The van der Waals surface area contributed by atoms with E-state index in [0.29, 0.717) is 6.54 Å². The molecule has 2 amide bonds. The summed E-state index contributed by atoms with van der Waals surface area (Å²) in [5.74, 6) is -0.300. The van der Waals surface area contributed by atoms with Gasteiger partial charge in [0.15, 0.2) is 0 Å². The summed E-state index contributed by atoms with van der Waals surface area (Å²) < 4.78 is 16.6. The number of carbonyl (C=O) groups excluding carboxylic acids is 1. The third-order valence-corrected chi connectivity index (χ3v) is 8.70. The molecule has 0 spiro atoms. The lowest BCUT2D eigenvalue weighted by atomic mass is 9.95. The SMILES string of the molecule is Cc1ccc(NC(=O)N2Cc3c(sc4c3CCCC4)-n3cccc3[C@@H]2c2cccc(F)c2)cc1C. The first-order valence-corrected chi connectivity index (χ1v) is 13.0. The Bertz CT molecular complexity index is 1440. The minimum Gasteiger partial charge on any atom is -0.310 e. The van der Waals surface area contributed by atoms with Crippen molar-refractivity contribution in [1.82, 2.24) is 9.47 Å². The zero-order valence-electron chi connectivity index (χ0n) is 20.0. The zero-order chi connectivity index (χ0) is 24.1. The van der Waals surface area contributed by atoms with Crippen LogP contribution in [0.5, 0.6) is 0 Å². The van der Waals surface area contributed by atoms with Crippen LogP contribution in [0.3, 0.4) is 0 Å². The summed E-state index contributed by atoms with van der Waals surface area (Å²) in [7, 11) is 0. The van der Waals surface area contributed by atoms with Crippen LogP contribution in [0.25, 0.3) is 5.00 Å². The molecule has 3 heterocycles. The molecule has 0 fully saturated rings. The topological polar surface area (TPSA) is 37.3 Å². The second-order valence-corrected chi connectivity index (χ2v) is 10.7. The maximum absolute atomic E-state index is 14.4. The molecule has 0 bridgehead atoms. The molecule has 0 radical (unpaired) electrons. The second-order valence-electron chi connectivity index (χ2n) is 9.61. The fraction of sp³-hybridized carbons (Fsp3) is 0.276. The van der Waals surface area contributed by atoms with Gasteiger partial charge in [-0.3, -0.25) is 0 Å². The average molecular weight is 486 g/mol. The van der Waals surface area contributed by atoms with Gasteiger partial charge in [-0.2, -0.15) is 0 Å². The number of nitrogens with one attached hydrogen (secondary N) is 1. The number of urea groups is 1. The van der Waals surface area contributed by atoms with E-state index in [0.717, 1.165) is 35.3 Å². The number of rotatable bonds is 2. The number of hydrogen-bond acceptors (Lipinski definition) is 2. The van der Waals surface area contributed by atoms with Gasteiger partial charge in [0, 0.05) is 22.3 Å². The van der Waals surface area contributed by atoms with Crippen LogP contribution in [-0.4, -0.2) is 15.5 Å². The number of nitrogens with zero attached hydrogens (tertiary/aromatic N) is 2. The molecule has 6 heteroatoms. The third-order valence-electron chi connectivity index (χ3n) is 7.36. The Morgan fingerprint density at radius 3 is 2.69 bits per heavy atom. The van der Waals surface area contributed by atoms with Crippen molar-refractivity contribution in [3.8, 4) is 5.00 Å². The van der Waals surface area contributed by atoms with Gasteiger partial charge in [0.25, 0.3) is 0 Å². The van der Waals surface area contributed by atoms with Gasteiger partial charge in [0.2, 0.25) is 0 Å². The van der Waals surface area contributed by atoms with Crippen molar-refractivity contribution in [3.63, 3.8) is 0 Å². The van der Waals surface area contributed by atoms with E-state index in [9.17, 15) is 9.18 Å². The van der Waals surface area contributed by atoms with Crippen LogP contribution in [0.15, 0.2) is 60.8 Å². The quantitative estimate of drug-likeness (QED) is 0.318. The van der Waals surface area contributed by atoms with E-state index in [-0.39, 0.29) is 11.8 Å². The van der Waals surface area contributed by atoms with Crippen LogP contribution < -0.4 is 5.32 Å². The molecule has 1 atom stereocenters. The van der Waals surface area contributed by atoms with E-state index >= 15 is 0 Å². The molecular formula is C29H28FN3OS. The zero-order valence-corrected chi connectivity index (χ0v) is 20.8. The Labute approximate surface area is 209 Å². The van der Waals surface area contributed by atoms with Crippen molar-refractivity contribution in [3.05, 3.63) is 105 Å². The highest BCUT2D eigenvalue weighted by Gasteiger charge is 2.36. The molecule has 2 aromatic heterocycles. The minimum atomic E-state index is -0.411. The molecule has 1 N–H and O–H groups in total. The first kappa shape index (κ1) is 22.1. The van der Waals surface area contributed by atoms with Crippen molar-refractivity contribution < 1.29 is 9.18 Å². The number of fused-ring (bicyclic) bond motifs is 5. The number of hydrogen-bond donors (Lipinski definition) is 1. The van der Waals surface area contributed by atoms with Crippen LogP contribution in [0.2, 0.25) is 0 Å². The van der Waals surface area contributed by atoms with Gasteiger partial charge in [0.05, 0.1) is 18.3 Å². The van der Waals surface area contributed by atoms with Crippen molar-refractivity contribution in [2.75, 3.05) is 5.32 Å². The highest BCUT2D eigenvalue weighted by Crippen LogP contribution is 2.44. The van der Waals surface area contributed by atoms with E-state index in [1.807, 2.05) is 53.5 Å². The summed E-state index contributed by atoms with van der Waals surface area (Å²) in [6.07, 6.45) is 6.62. The third kappa shape index (κ3) is 3.86. The fourth-order valence-electron chi connectivity index (χ4n) is 5.43. The molecule has 4 aromatic rings. The maximum atomic E-state index is 14.4. The number of aryl methyl sites for hydroxylation is 3. The van der Waals surface area contributed by atoms with Crippen LogP contribution in [0.4, 0.5) is 14.9 Å². The lowest BCUT2D eigenvalue weighted by molar-refractivity contribution is 0.194. The lowest BCUT2D eigenvalue weighted by Gasteiger charge is -2.31. The van der Waals surface area contributed by atoms with Crippen LogP contribution in [-0.2, 0) is 19.4 Å². The summed E-state index contributed by atoms with van der Waals surface area (Å²) in [5, 5.41) is 4.33. The average Bonchev–Trinajstić information content (AvgIpc) is 3.43. The van der Waals surface area contributed by atoms with Crippen LogP contribution in [0.1, 0.15) is 57.3 Å². The highest BCUT2D eigenvalue weighted by molar-refractivity contribution is 7.15. The molecule has 1 aliphatic heterocycles. The molecule has 35 heavy (non-hydrogen) atoms. The standard InChI is InChI=1S/C29H28FN3OS/c1-18-12-13-22(15-19(18)2)31-29(34)33-17-24-23-9-3-4-11-26(23)35-28(24)32-14-6-10-25(32)27(33)20-7-5-8-21(30)16-20/h5-8,10,12-16,27H,3-4,9,11,17H2,1-2H3,(H,31,34)/t27-/m0/s1. The summed E-state index contributed by atoms with van der Waals surface area (Å²) in [6, 6.07) is 16.1. The number of aromatic nitrogens is 1. The van der Waals surface area contributed by atoms with Crippen molar-refractivity contribution in [1.29, 1.82) is 0 Å². The number of thiophene rings is 1. The summed E-state index contributed by atoms with van der Waals surface area (Å²) in [5.41, 5.74) is 7.46. The largest absolute Gasteiger partial charge is 0.322 e. The molecule has 2 aromatic carbocycles. The van der Waals surface area contributed by atoms with E-state index in [1.165, 1.54) is 45.5 Å². The predicted octanol–water partition coefficient (Wildman–Crippen LogP) is 7.31. The Hall–Kier alpha value is -3.38. The molecule has 0 saturated heterocycles. The predicted molar refractivity (Wildman–Crippen MR) is 139 cm³/mol. The Morgan fingerprint density at radius 2 is 1.86 bits per heavy atom. The van der Waals surface area contributed by atoms with E-state index in [2.05, 4.69) is 29.1 Å². The van der Waals surface area contributed by atoms with Gasteiger partial charge >= 0.3 is 6.03 Å². The molecule has 0 unspecified atom stereocenters. The van der Waals surface area contributed by atoms with Crippen LogP contribution >= 0.6 is 11.3 Å². The monoisotopic (exact) mass is 485 g/mol. The van der Waals surface area contributed by atoms with Gasteiger partial charge < -0.3 is 14.8 Å². The number of amides is 2. The van der Waals surface area contributed by atoms with Crippen molar-refractivity contribution in [2.45, 2.75) is 52.1 Å². The Kier molecular flexibility index (Phi) is 5.49. The molecule has 178 valence electrons. The van der Waals surface area contributed by atoms with Crippen molar-refractivity contribution in [2.24, 2.45) is 0 Å². The van der Waals surface area contributed by atoms with E-state index < -0.39 is 6.04 Å². The molecule has 2 aliphatic rings. The molecule has 1 aliphatic carbocycles. The molecule has 4 nitrogen and oxygen atoms in total. The second kappa shape index (κ2) is 8.68. The summed E-state index contributed by atoms with van der Waals surface area (Å²) >= 11 is 1.85. The van der Waals surface area contributed by atoms with Gasteiger partial charge in [-0.25, -0.2) is 9.18 Å². The number of benzene rings is 2. The highest BCUT2D eigenvalue weighted by atomic mass is 32.1. The van der Waals surface area contributed by atoms with Gasteiger partial charge in [0.1, 0.15) is 10.8 Å². The van der Waals surface area contributed by atoms with Gasteiger partial charge in [-0.15, -0.1) is 11.3 Å². The van der Waals surface area contributed by atoms with Crippen molar-refractivity contribution >= 4 is 23.1 Å². The minimum absolute atomic E-state index is 0.182.